The third kappa shape index (κ3) is 4.74. The van der Waals surface area contributed by atoms with Crippen LogP contribution in [0.2, 0.25) is 5.02 Å². The number of ether oxygens (including phenoxy) is 2. The molecular weight excluding hydrogens is 474 g/mol. The minimum Gasteiger partial charge on any atom is -0.488 e. The average molecular weight is 500 g/mol. The van der Waals surface area contributed by atoms with E-state index in [1.807, 2.05) is 35.2 Å². The van der Waals surface area contributed by atoms with Gasteiger partial charge in [-0.2, -0.15) is 0 Å². The van der Waals surface area contributed by atoms with Crippen molar-refractivity contribution in [3.8, 4) is 22.8 Å². The molecule has 2 saturated heterocycles. The average Bonchev–Trinajstić information content (AvgIpc) is 3.32. The number of methoxy groups -OCH3 is 1. The number of halogens is 1. The van der Waals surface area contributed by atoms with Gasteiger partial charge in [0.05, 0.1) is 19.2 Å². The quantitative estimate of drug-likeness (QED) is 0.525. The van der Waals surface area contributed by atoms with Crippen LogP contribution in [0.15, 0.2) is 42.7 Å². The molecule has 0 spiro atoms. The number of fused-ring (bicyclic) bond motifs is 1. The lowest BCUT2D eigenvalue weighted by molar-refractivity contribution is -0.135. The van der Waals surface area contributed by atoms with Gasteiger partial charge in [0.15, 0.2) is 0 Å². The Labute approximate surface area is 205 Å². The summed E-state index contributed by atoms with van der Waals surface area (Å²) in [6.45, 7) is 1.27. The third-order valence-electron chi connectivity index (χ3n) is 6.52. The molecule has 5 rings (SSSR count). The summed E-state index contributed by atoms with van der Waals surface area (Å²) in [6.07, 6.45) is 5.67. The molecule has 0 N–H and O–H groups in total. The Morgan fingerprint density at radius 1 is 1.15 bits per heavy atom. The minimum atomic E-state index is -0.761. The van der Waals surface area contributed by atoms with Gasteiger partial charge >= 0.3 is 0 Å². The van der Waals surface area contributed by atoms with Crippen LogP contribution in [0.1, 0.15) is 19.3 Å². The molecule has 9 heteroatoms. The van der Waals surface area contributed by atoms with Gasteiger partial charge in [-0.05, 0) is 48.7 Å². The molecule has 4 heterocycles. The van der Waals surface area contributed by atoms with E-state index in [0.717, 1.165) is 47.0 Å². The van der Waals surface area contributed by atoms with Gasteiger partial charge in [0.25, 0.3) is 0 Å². The lowest BCUT2D eigenvalue weighted by Crippen LogP contribution is -2.38. The number of aromatic nitrogens is 2. The van der Waals surface area contributed by atoms with Crippen LogP contribution >= 0.6 is 11.6 Å². The van der Waals surface area contributed by atoms with Crippen molar-refractivity contribution in [2.75, 3.05) is 31.7 Å². The van der Waals surface area contributed by atoms with Gasteiger partial charge in [-0.15, -0.1) is 0 Å². The normalized spacial score (nSPS) is 22.6. The highest BCUT2D eigenvalue weighted by atomic mass is 35.5. The van der Waals surface area contributed by atoms with Gasteiger partial charge in [-0.3, -0.25) is 14.0 Å². The highest BCUT2D eigenvalue weighted by Crippen LogP contribution is 2.34. The standard InChI is InChI=1S/C25H26ClN3O4S/c1-32-24-22(26)12-17(14-28-24)20-4-8-27-23-3-2-18(13-21(20)23)33-19-5-9-29(15-19)25(30)16-6-10-34(31)11-7-16/h2-4,8,12-14,16,19H,5-7,9-11,15H2,1H3. The molecule has 2 aliphatic rings. The molecule has 0 radical (unpaired) electrons. The molecule has 7 nitrogen and oxygen atoms in total. The molecular formula is C25H26ClN3O4S. The predicted octanol–water partition coefficient (Wildman–Crippen LogP) is 4.10. The van der Waals surface area contributed by atoms with Crippen molar-refractivity contribution in [2.45, 2.75) is 25.4 Å². The Morgan fingerprint density at radius 2 is 1.97 bits per heavy atom. The minimum absolute atomic E-state index is 0.00400. The van der Waals surface area contributed by atoms with Gasteiger partial charge < -0.3 is 14.4 Å². The molecule has 0 aliphatic carbocycles. The zero-order valence-electron chi connectivity index (χ0n) is 18.9. The molecule has 1 aromatic carbocycles. The number of nitrogens with zero attached hydrogens (tertiary/aromatic N) is 3. The number of rotatable bonds is 5. The van der Waals surface area contributed by atoms with Crippen molar-refractivity contribution < 1.29 is 18.5 Å². The first-order valence-corrected chi connectivity index (χ1v) is 13.3. The maximum Gasteiger partial charge on any atom is 0.232 e. The van der Waals surface area contributed by atoms with Gasteiger partial charge in [0.1, 0.15) is 16.9 Å². The maximum absolute atomic E-state index is 12.9. The second kappa shape index (κ2) is 9.88. The van der Waals surface area contributed by atoms with Gasteiger partial charge in [-0.1, -0.05) is 11.6 Å². The number of likely N-dealkylation sites (tertiary alicyclic amines) is 1. The summed E-state index contributed by atoms with van der Waals surface area (Å²) < 4.78 is 23.1. The van der Waals surface area contributed by atoms with Crippen molar-refractivity contribution in [1.82, 2.24) is 14.9 Å². The number of amides is 1. The molecule has 3 aromatic rings. The summed E-state index contributed by atoms with van der Waals surface area (Å²) >= 11 is 6.30. The Hall–Kier alpha value is -2.71. The topological polar surface area (TPSA) is 81.6 Å². The van der Waals surface area contributed by atoms with E-state index in [4.69, 9.17) is 21.1 Å². The van der Waals surface area contributed by atoms with Crippen LogP contribution in [0.4, 0.5) is 0 Å². The van der Waals surface area contributed by atoms with Crippen LogP contribution < -0.4 is 9.47 Å². The zero-order chi connectivity index (χ0) is 23.7. The summed E-state index contributed by atoms with van der Waals surface area (Å²) in [4.78, 5) is 23.6. The summed E-state index contributed by atoms with van der Waals surface area (Å²) in [7, 11) is 0.775. The lowest BCUT2D eigenvalue weighted by atomic mass is 10.0. The fourth-order valence-corrected chi connectivity index (χ4v) is 6.23. The van der Waals surface area contributed by atoms with Crippen LogP contribution in [0.5, 0.6) is 11.6 Å². The van der Waals surface area contributed by atoms with Crippen LogP contribution in [0, 0.1) is 5.92 Å². The monoisotopic (exact) mass is 499 g/mol. The van der Waals surface area contributed by atoms with Crippen molar-refractivity contribution in [3.63, 3.8) is 0 Å². The number of carbonyl (C=O) groups is 1. The zero-order valence-corrected chi connectivity index (χ0v) is 20.5. The number of benzene rings is 1. The molecule has 0 bridgehead atoms. The van der Waals surface area contributed by atoms with E-state index in [2.05, 4.69) is 9.97 Å². The largest absolute Gasteiger partial charge is 0.488 e. The first kappa shape index (κ1) is 23.1. The van der Waals surface area contributed by atoms with Crippen molar-refractivity contribution in [1.29, 1.82) is 0 Å². The number of pyridine rings is 2. The Balaban J connectivity index is 1.32. The van der Waals surface area contributed by atoms with E-state index in [-0.39, 0.29) is 17.9 Å². The van der Waals surface area contributed by atoms with Crippen LogP contribution in [0.3, 0.4) is 0 Å². The number of hydrogen-bond acceptors (Lipinski definition) is 6. The maximum atomic E-state index is 12.9. The Bertz CT molecular complexity index is 1240. The fraction of sp³-hybridized carbons (Fsp3) is 0.400. The summed E-state index contributed by atoms with van der Waals surface area (Å²) in [5, 5.41) is 1.38. The smallest absolute Gasteiger partial charge is 0.232 e. The first-order valence-electron chi connectivity index (χ1n) is 11.4. The molecule has 178 valence electrons. The number of carbonyl (C=O) groups excluding carboxylic acids is 1. The van der Waals surface area contributed by atoms with Crippen LogP contribution in [-0.2, 0) is 15.6 Å². The molecule has 1 atom stereocenters. The second-order valence-corrected chi connectivity index (χ2v) is 10.8. The summed E-state index contributed by atoms with van der Waals surface area (Å²) in [6, 6.07) is 9.60. The molecule has 2 fully saturated rings. The van der Waals surface area contributed by atoms with Crippen molar-refractivity contribution in [3.05, 3.63) is 47.7 Å². The molecule has 2 aliphatic heterocycles. The van der Waals surface area contributed by atoms with Crippen LogP contribution in [0.25, 0.3) is 22.0 Å². The van der Waals surface area contributed by atoms with Crippen LogP contribution in [-0.4, -0.2) is 62.8 Å². The third-order valence-corrected chi connectivity index (χ3v) is 8.17. The summed E-state index contributed by atoms with van der Waals surface area (Å²) in [5.74, 6) is 2.56. The van der Waals surface area contributed by atoms with E-state index < -0.39 is 10.8 Å². The first-order chi connectivity index (χ1) is 16.5. The molecule has 1 amide bonds. The lowest BCUT2D eigenvalue weighted by Gasteiger charge is -2.26. The van der Waals surface area contributed by atoms with Crippen molar-refractivity contribution >= 4 is 39.2 Å². The SMILES string of the molecule is COc1ncc(-c2ccnc3ccc(OC4CCN(C(=O)C5CCS(=O)CC5)C4)cc23)cc1Cl. The molecule has 2 aromatic heterocycles. The fourth-order valence-electron chi connectivity index (χ4n) is 4.69. The van der Waals surface area contributed by atoms with E-state index in [9.17, 15) is 9.00 Å². The Kier molecular flexibility index (Phi) is 6.70. The highest BCUT2D eigenvalue weighted by molar-refractivity contribution is 7.85. The number of hydrogen-bond donors (Lipinski definition) is 0. The Morgan fingerprint density at radius 3 is 2.74 bits per heavy atom. The van der Waals surface area contributed by atoms with Gasteiger partial charge in [0.2, 0.25) is 11.8 Å². The predicted molar refractivity (Wildman–Crippen MR) is 133 cm³/mol. The van der Waals surface area contributed by atoms with E-state index >= 15 is 0 Å². The second-order valence-electron chi connectivity index (χ2n) is 8.69. The molecule has 0 saturated carbocycles. The van der Waals surface area contributed by atoms with Gasteiger partial charge in [0, 0.05) is 64.5 Å². The summed E-state index contributed by atoms with van der Waals surface area (Å²) in [5.41, 5.74) is 2.65. The van der Waals surface area contributed by atoms with E-state index in [0.29, 0.717) is 35.5 Å². The molecule has 1 unspecified atom stereocenters. The van der Waals surface area contributed by atoms with E-state index in [1.165, 1.54) is 7.11 Å². The highest BCUT2D eigenvalue weighted by Gasteiger charge is 2.33. The van der Waals surface area contributed by atoms with E-state index in [1.54, 1.807) is 12.4 Å². The van der Waals surface area contributed by atoms with Crippen molar-refractivity contribution in [2.24, 2.45) is 5.92 Å². The molecule has 34 heavy (non-hydrogen) atoms. The van der Waals surface area contributed by atoms with Gasteiger partial charge in [-0.25, -0.2) is 4.98 Å².